The summed E-state index contributed by atoms with van der Waals surface area (Å²) in [6, 6.07) is 1.65. The second-order valence-corrected chi connectivity index (χ2v) is 8.02. The van der Waals surface area contributed by atoms with Crippen molar-refractivity contribution in [1.82, 2.24) is 15.0 Å². The van der Waals surface area contributed by atoms with Gasteiger partial charge in [-0.25, -0.2) is 18.1 Å². The van der Waals surface area contributed by atoms with Crippen molar-refractivity contribution >= 4 is 32.7 Å². The van der Waals surface area contributed by atoms with Crippen LogP contribution in [0.4, 0.5) is 0 Å². The van der Waals surface area contributed by atoms with Crippen LogP contribution in [0.3, 0.4) is 0 Å². The molecule has 2 heterocycles. The normalized spacial score (nSPS) is 13.5. The molecular weight excluding hydrogens is 314 g/mol. The second-order valence-electron chi connectivity index (χ2n) is 4.36. The summed E-state index contributed by atoms with van der Waals surface area (Å²) in [5.41, 5.74) is 0. The maximum Gasteiger partial charge on any atom is 0.241 e. The Morgan fingerprint density at radius 3 is 2.80 bits per heavy atom. The molecule has 0 aliphatic heterocycles. The molecule has 0 bridgehead atoms. The lowest BCUT2D eigenvalue weighted by Crippen LogP contribution is -2.28. The molecule has 2 rings (SSSR count). The molecule has 1 unspecified atom stereocenters. The summed E-state index contributed by atoms with van der Waals surface area (Å²) in [4.78, 5) is 5.39. The maximum absolute atomic E-state index is 12.3. The Morgan fingerprint density at radius 2 is 2.15 bits per heavy atom. The highest BCUT2D eigenvalue weighted by molar-refractivity contribution is 7.89. The van der Waals surface area contributed by atoms with Crippen molar-refractivity contribution in [3.8, 4) is 0 Å². The summed E-state index contributed by atoms with van der Waals surface area (Å²) in [5.74, 6) is 0.0659. The van der Waals surface area contributed by atoms with E-state index in [1.165, 1.54) is 22.7 Å². The third kappa shape index (κ3) is 3.64. The molecule has 0 aliphatic carbocycles. The molecule has 0 aromatic carbocycles. The first-order valence-corrected chi connectivity index (χ1v) is 9.39. The van der Waals surface area contributed by atoms with E-state index >= 15 is 0 Å². The van der Waals surface area contributed by atoms with Gasteiger partial charge in [0, 0.05) is 35.5 Å². The van der Waals surface area contributed by atoms with Gasteiger partial charge in [0.25, 0.3) is 0 Å². The predicted molar refractivity (Wildman–Crippen MR) is 82.8 cm³/mol. The molecule has 0 saturated heterocycles. The zero-order chi connectivity index (χ0) is 14.6. The van der Waals surface area contributed by atoms with E-state index < -0.39 is 10.0 Å². The lowest BCUT2D eigenvalue weighted by atomic mass is 10.2. The molecule has 1 atom stereocenters. The Morgan fingerprint density at radius 1 is 1.35 bits per heavy atom. The standard InChI is InChI=1S/C12H17N3O2S3/c1-9(12-14-4-6-19-12)7-15-20(16,17)11-3-5-18-10(11)8-13-2/h3-6,9,13,15H,7-8H2,1-2H3. The SMILES string of the molecule is CNCc1sccc1S(=O)(=O)NCC(C)c1nccs1. The van der Waals surface area contributed by atoms with Crippen molar-refractivity contribution in [2.75, 3.05) is 13.6 Å². The Hall–Kier alpha value is -0.800. The average Bonchev–Trinajstić information content (AvgIpc) is 3.07. The summed E-state index contributed by atoms with van der Waals surface area (Å²) in [6.07, 6.45) is 1.73. The number of thiazole rings is 1. The number of nitrogens with zero attached hydrogens (tertiary/aromatic N) is 1. The molecule has 2 aromatic heterocycles. The summed E-state index contributed by atoms with van der Waals surface area (Å²) < 4.78 is 27.3. The Labute approximate surface area is 127 Å². The van der Waals surface area contributed by atoms with Crippen LogP contribution in [0, 0.1) is 0 Å². The van der Waals surface area contributed by atoms with Gasteiger partial charge in [-0.15, -0.1) is 22.7 Å². The van der Waals surface area contributed by atoms with Gasteiger partial charge >= 0.3 is 0 Å². The number of hydrogen-bond acceptors (Lipinski definition) is 6. The minimum Gasteiger partial charge on any atom is -0.315 e. The number of rotatable bonds is 7. The molecule has 0 saturated carbocycles. The monoisotopic (exact) mass is 331 g/mol. The smallest absolute Gasteiger partial charge is 0.241 e. The first kappa shape index (κ1) is 15.6. The van der Waals surface area contributed by atoms with E-state index in [1.807, 2.05) is 12.3 Å². The van der Waals surface area contributed by atoms with Gasteiger partial charge in [0.2, 0.25) is 10.0 Å². The van der Waals surface area contributed by atoms with Gasteiger partial charge in [-0.1, -0.05) is 6.92 Å². The van der Waals surface area contributed by atoms with Gasteiger partial charge in [-0.2, -0.15) is 0 Å². The highest BCUT2D eigenvalue weighted by Gasteiger charge is 2.20. The second kappa shape index (κ2) is 6.77. The highest BCUT2D eigenvalue weighted by Crippen LogP contribution is 2.22. The van der Waals surface area contributed by atoms with Crippen LogP contribution in [0.2, 0.25) is 0 Å². The number of nitrogens with one attached hydrogen (secondary N) is 2. The van der Waals surface area contributed by atoms with E-state index in [1.54, 1.807) is 24.7 Å². The Kier molecular flexibility index (Phi) is 5.28. The van der Waals surface area contributed by atoms with Crippen LogP contribution in [-0.2, 0) is 16.6 Å². The van der Waals surface area contributed by atoms with E-state index in [2.05, 4.69) is 15.0 Å². The fourth-order valence-electron chi connectivity index (χ4n) is 1.74. The predicted octanol–water partition coefficient (Wildman–Crippen LogP) is 2.01. The van der Waals surface area contributed by atoms with Crippen LogP contribution in [0.25, 0.3) is 0 Å². The molecule has 0 aliphatic rings. The summed E-state index contributed by atoms with van der Waals surface area (Å²) >= 11 is 2.98. The summed E-state index contributed by atoms with van der Waals surface area (Å²) in [7, 11) is -1.66. The van der Waals surface area contributed by atoms with Crippen molar-refractivity contribution in [2.24, 2.45) is 0 Å². The van der Waals surface area contributed by atoms with Crippen LogP contribution in [0.1, 0.15) is 22.7 Å². The molecule has 0 amide bonds. The number of hydrogen-bond donors (Lipinski definition) is 2. The van der Waals surface area contributed by atoms with Crippen LogP contribution >= 0.6 is 22.7 Å². The van der Waals surface area contributed by atoms with Gasteiger partial charge in [0.1, 0.15) is 0 Å². The quantitative estimate of drug-likeness (QED) is 0.814. The number of thiophene rings is 1. The molecule has 110 valence electrons. The first-order chi connectivity index (χ1) is 9.54. The van der Waals surface area contributed by atoms with Crippen molar-refractivity contribution in [1.29, 1.82) is 0 Å². The average molecular weight is 331 g/mol. The summed E-state index contributed by atoms with van der Waals surface area (Å²) in [5, 5.41) is 7.61. The Balaban J connectivity index is 2.06. The van der Waals surface area contributed by atoms with Crippen molar-refractivity contribution in [3.63, 3.8) is 0 Å². The van der Waals surface area contributed by atoms with Gasteiger partial charge in [0.15, 0.2) is 0 Å². The molecule has 20 heavy (non-hydrogen) atoms. The topological polar surface area (TPSA) is 71.1 Å². The van der Waals surface area contributed by atoms with Gasteiger partial charge in [-0.3, -0.25) is 0 Å². The van der Waals surface area contributed by atoms with Crippen LogP contribution in [0.5, 0.6) is 0 Å². The molecule has 0 radical (unpaired) electrons. The van der Waals surface area contributed by atoms with Gasteiger partial charge < -0.3 is 5.32 Å². The van der Waals surface area contributed by atoms with Crippen molar-refractivity contribution < 1.29 is 8.42 Å². The minimum absolute atomic E-state index is 0.0659. The van der Waals surface area contributed by atoms with E-state index in [0.717, 1.165) is 9.88 Å². The Bertz CT molecular complexity index is 635. The van der Waals surface area contributed by atoms with Gasteiger partial charge in [0.05, 0.1) is 9.90 Å². The molecule has 2 aromatic rings. The first-order valence-electron chi connectivity index (χ1n) is 6.14. The van der Waals surface area contributed by atoms with Crippen molar-refractivity contribution in [2.45, 2.75) is 24.3 Å². The lowest BCUT2D eigenvalue weighted by Gasteiger charge is -2.11. The largest absolute Gasteiger partial charge is 0.315 e. The van der Waals surface area contributed by atoms with Crippen molar-refractivity contribution in [3.05, 3.63) is 32.9 Å². The number of sulfonamides is 1. The number of aromatic nitrogens is 1. The van der Waals surface area contributed by atoms with E-state index in [-0.39, 0.29) is 5.92 Å². The van der Waals surface area contributed by atoms with E-state index in [4.69, 9.17) is 0 Å². The molecule has 0 spiro atoms. The zero-order valence-electron chi connectivity index (χ0n) is 11.3. The van der Waals surface area contributed by atoms with Crippen LogP contribution in [0.15, 0.2) is 27.9 Å². The molecule has 0 fully saturated rings. The fraction of sp³-hybridized carbons (Fsp3) is 0.417. The van der Waals surface area contributed by atoms with E-state index in [9.17, 15) is 8.42 Å². The highest BCUT2D eigenvalue weighted by atomic mass is 32.2. The molecular formula is C12H17N3O2S3. The molecule has 5 nitrogen and oxygen atoms in total. The third-order valence-electron chi connectivity index (χ3n) is 2.78. The van der Waals surface area contributed by atoms with Gasteiger partial charge in [-0.05, 0) is 18.5 Å². The van der Waals surface area contributed by atoms with E-state index in [0.29, 0.717) is 18.0 Å². The third-order valence-corrected chi connectivity index (χ3v) is 6.35. The fourth-order valence-corrected chi connectivity index (χ4v) is 5.02. The zero-order valence-corrected chi connectivity index (χ0v) is 13.7. The minimum atomic E-state index is -3.46. The maximum atomic E-state index is 12.3. The van der Waals surface area contributed by atoms with Crippen LogP contribution in [-0.4, -0.2) is 27.0 Å². The molecule has 8 heteroatoms. The molecule has 2 N–H and O–H groups in total. The summed E-state index contributed by atoms with van der Waals surface area (Å²) in [6.45, 7) is 2.87. The lowest BCUT2D eigenvalue weighted by molar-refractivity contribution is 0.573. The van der Waals surface area contributed by atoms with Crippen LogP contribution < -0.4 is 10.0 Å².